The van der Waals surface area contributed by atoms with Gasteiger partial charge in [-0.1, -0.05) is 39.6 Å². The average molecular weight is 425 g/mol. The van der Waals surface area contributed by atoms with E-state index in [2.05, 4.69) is 32.8 Å². The van der Waals surface area contributed by atoms with Crippen molar-refractivity contribution in [1.29, 1.82) is 0 Å². The van der Waals surface area contributed by atoms with Crippen LogP contribution < -0.4 is 4.74 Å². The number of nitrogens with zero attached hydrogens (tertiary/aromatic N) is 2. The summed E-state index contributed by atoms with van der Waals surface area (Å²) in [7, 11) is 0. The molecule has 2 heterocycles. The first-order chi connectivity index (χ1) is 13.1. The molecule has 0 aliphatic carbocycles. The predicted octanol–water partition coefficient (Wildman–Crippen LogP) is 4.13. The molecule has 3 rings (SSSR count). The molecule has 1 amide bonds. The molecule has 0 N–H and O–H groups in total. The van der Waals surface area contributed by atoms with Crippen molar-refractivity contribution in [2.45, 2.75) is 19.8 Å². The number of carbonyl (C=O) groups excluding carboxylic acids is 1. The number of aryl methyl sites for hydroxylation is 1. The Morgan fingerprint density at radius 2 is 2.04 bits per heavy atom. The van der Waals surface area contributed by atoms with Gasteiger partial charge in [-0.3, -0.25) is 4.79 Å². The van der Waals surface area contributed by atoms with Crippen LogP contribution in [0.4, 0.5) is 0 Å². The molecular formula is C22H21BrN2O2. The standard InChI is InChI=1S/C22H21BrN2O2/c1-17-5-2-8-20(24-17)9-3-6-18-11-13-25(14-12-18)22(26)16-27-21-10-4-7-19(23)15-21/h2,4-8,10,15H,11-14,16H2,1H3. The third-order valence-corrected chi connectivity index (χ3v) is 4.77. The Balaban J connectivity index is 1.47. The summed E-state index contributed by atoms with van der Waals surface area (Å²) in [5.41, 5.74) is 3.02. The number of carbonyl (C=O) groups is 1. The van der Waals surface area contributed by atoms with Gasteiger partial charge in [0, 0.05) is 23.3 Å². The Morgan fingerprint density at radius 3 is 2.78 bits per heavy atom. The van der Waals surface area contributed by atoms with E-state index in [4.69, 9.17) is 4.74 Å². The van der Waals surface area contributed by atoms with Gasteiger partial charge < -0.3 is 9.64 Å². The Morgan fingerprint density at radius 1 is 1.26 bits per heavy atom. The van der Waals surface area contributed by atoms with E-state index in [-0.39, 0.29) is 12.5 Å². The zero-order valence-corrected chi connectivity index (χ0v) is 16.8. The van der Waals surface area contributed by atoms with Crippen LogP contribution in [-0.2, 0) is 4.79 Å². The van der Waals surface area contributed by atoms with E-state index in [1.54, 1.807) is 0 Å². The van der Waals surface area contributed by atoms with Gasteiger partial charge in [-0.05, 0) is 62.1 Å². The highest BCUT2D eigenvalue weighted by Crippen LogP contribution is 2.19. The molecule has 0 saturated carbocycles. The normalized spacial score (nSPS) is 13.6. The molecule has 0 radical (unpaired) electrons. The highest BCUT2D eigenvalue weighted by molar-refractivity contribution is 9.10. The monoisotopic (exact) mass is 424 g/mol. The van der Waals surface area contributed by atoms with E-state index in [1.807, 2.05) is 60.4 Å². The van der Waals surface area contributed by atoms with Crippen LogP contribution in [0.3, 0.4) is 0 Å². The van der Waals surface area contributed by atoms with Gasteiger partial charge >= 0.3 is 0 Å². The van der Waals surface area contributed by atoms with Crippen LogP contribution in [-0.4, -0.2) is 35.5 Å². The summed E-state index contributed by atoms with van der Waals surface area (Å²) in [6, 6.07) is 13.3. The van der Waals surface area contributed by atoms with E-state index < -0.39 is 0 Å². The van der Waals surface area contributed by atoms with Crippen molar-refractivity contribution < 1.29 is 9.53 Å². The number of rotatable bonds is 3. The van der Waals surface area contributed by atoms with E-state index in [0.29, 0.717) is 18.8 Å². The molecule has 5 heteroatoms. The minimum atomic E-state index is 0.0177. The molecular weight excluding hydrogens is 404 g/mol. The molecule has 2 aromatic rings. The van der Waals surface area contributed by atoms with E-state index >= 15 is 0 Å². The first-order valence-corrected chi connectivity index (χ1v) is 9.69. The number of halogens is 1. The van der Waals surface area contributed by atoms with Crippen LogP contribution >= 0.6 is 15.9 Å². The van der Waals surface area contributed by atoms with Crippen molar-refractivity contribution in [3.8, 4) is 17.6 Å². The number of benzene rings is 1. The Hall–Kier alpha value is -2.58. The lowest BCUT2D eigenvalue weighted by molar-refractivity contribution is -0.133. The highest BCUT2D eigenvalue weighted by atomic mass is 79.9. The second-order valence-corrected chi connectivity index (χ2v) is 7.28. The van der Waals surface area contributed by atoms with Gasteiger partial charge in [0.1, 0.15) is 11.4 Å². The number of pyridine rings is 1. The summed E-state index contributed by atoms with van der Waals surface area (Å²) in [6.45, 7) is 3.43. The number of hydrogen-bond donors (Lipinski definition) is 0. The fourth-order valence-electron chi connectivity index (χ4n) is 2.81. The second kappa shape index (κ2) is 9.38. The third kappa shape index (κ3) is 5.97. The van der Waals surface area contributed by atoms with Crippen LogP contribution in [0.25, 0.3) is 0 Å². The third-order valence-electron chi connectivity index (χ3n) is 4.28. The van der Waals surface area contributed by atoms with Gasteiger partial charge in [0.25, 0.3) is 5.91 Å². The maximum atomic E-state index is 12.3. The second-order valence-electron chi connectivity index (χ2n) is 6.36. The molecule has 4 nitrogen and oxygen atoms in total. The summed E-state index contributed by atoms with van der Waals surface area (Å²) in [5, 5.41) is 0. The quantitative estimate of drug-likeness (QED) is 0.695. The largest absolute Gasteiger partial charge is 0.484 e. The number of ether oxygens (including phenoxy) is 1. The van der Waals surface area contributed by atoms with E-state index in [9.17, 15) is 4.79 Å². The Kier molecular flexibility index (Phi) is 6.67. The summed E-state index contributed by atoms with van der Waals surface area (Å²) in [5.74, 6) is 6.86. The first-order valence-electron chi connectivity index (χ1n) is 8.89. The van der Waals surface area contributed by atoms with Gasteiger partial charge in [-0.25, -0.2) is 4.98 Å². The molecule has 1 fully saturated rings. The van der Waals surface area contributed by atoms with Crippen LogP contribution in [0.15, 0.2) is 58.6 Å². The van der Waals surface area contributed by atoms with Crippen molar-refractivity contribution in [2.75, 3.05) is 19.7 Å². The Labute approximate surface area is 168 Å². The van der Waals surface area contributed by atoms with Crippen LogP contribution in [0, 0.1) is 18.8 Å². The number of amides is 1. The van der Waals surface area contributed by atoms with Gasteiger partial charge in [0.05, 0.1) is 0 Å². The van der Waals surface area contributed by atoms with Crippen molar-refractivity contribution >= 4 is 21.8 Å². The van der Waals surface area contributed by atoms with E-state index in [1.165, 1.54) is 5.57 Å². The molecule has 1 aliphatic rings. The summed E-state index contributed by atoms with van der Waals surface area (Å²) in [4.78, 5) is 18.5. The lowest BCUT2D eigenvalue weighted by atomic mass is 10.0. The lowest BCUT2D eigenvalue weighted by Gasteiger charge is -2.28. The SMILES string of the molecule is Cc1cccc(C#CC=C2CCN(C(=O)COc3cccc(Br)c3)CC2)n1. The van der Waals surface area contributed by atoms with Gasteiger partial charge in [0.2, 0.25) is 0 Å². The van der Waals surface area contributed by atoms with Crippen LogP contribution in [0.5, 0.6) is 5.75 Å². The number of allylic oxidation sites excluding steroid dienone is 1. The summed E-state index contributed by atoms with van der Waals surface area (Å²) >= 11 is 3.39. The van der Waals surface area contributed by atoms with Gasteiger partial charge in [-0.15, -0.1) is 0 Å². The topological polar surface area (TPSA) is 42.4 Å². The summed E-state index contributed by atoms with van der Waals surface area (Å²) in [6.07, 6.45) is 3.65. The van der Waals surface area contributed by atoms with Gasteiger partial charge in [0.15, 0.2) is 6.61 Å². The number of piperidine rings is 1. The van der Waals surface area contributed by atoms with Gasteiger partial charge in [-0.2, -0.15) is 0 Å². The molecule has 0 spiro atoms. The predicted molar refractivity (Wildman–Crippen MR) is 109 cm³/mol. The molecule has 1 saturated heterocycles. The molecule has 1 aliphatic heterocycles. The zero-order valence-electron chi connectivity index (χ0n) is 15.2. The molecule has 0 atom stereocenters. The van der Waals surface area contributed by atoms with E-state index in [0.717, 1.165) is 28.7 Å². The molecule has 138 valence electrons. The molecule has 1 aromatic carbocycles. The molecule has 1 aromatic heterocycles. The number of aromatic nitrogens is 1. The maximum Gasteiger partial charge on any atom is 0.260 e. The number of likely N-dealkylation sites (tertiary alicyclic amines) is 1. The fraction of sp³-hybridized carbons (Fsp3) is 0.273. The first kappa shape index (κ1) is 19.2. The molecule has 27 heavy (non-hydrogen) atoms. The summed E-state index contributed by atoms with van der Waals surface area (Å²) < 4.78 is 6.52. The van der Waals surface area contributed by atoms with Crippen molar-refractivity contribution in [1.82, 2.24) is 9.88 Å². The minimum Gasteiger partial charge on any atom is -0.484 e. The Bertz CT molecular complexity index is 902. The lowest BCUT2D eigenvalue weighted by Crippen LogP contribution is -2.39. The van der Waals surface area contributed by atoms with Crippen molar-refractivity contribution in [2.24, 2.45) is 0 Å². The minimum absolute atomic E-state index is 0.0177. The maximum absolute atomic E-state index is 12.3. The highest BCUT2D eigenvalue weighted by Gasteiger charge is 2.19. The molecule has 0 unspecified atom stereocenters. The van der Waals surface area contributed by atoms with Crippen molar-refractivity contribution in [3.63, 3.8) is 0 Å². The van der Waals surface area contributed by atoms with Crippen molar-refractivity contribution in [3.05, 3.63) is 70.0 Å². The smallest absolute Gasteiger partial charge is 0.260 e. The van der Waals surface area contributed by atoms with Crippen LogP contribution in [0.2, 0.25) is 0 Å². The fourth-order valence-corrected chi connectivity index (χ4v) is 3.18. The van der Waals surface area contributed by atoms with Crippen LogP contribution in [0.1, 0.15) is 24.2 Å². The number of hydrogen-bond acceptors (Lipinski definition) is 3. The zero-order chi connectivity index (χ0) is 19.1. The average Bonchev–Trinajstić information content (AvgIpc) is 2.67. The molecule has 0 bridgehead atoms.